The predicted molar refractivity (Wildman–Crippen MR) is 67.6 cm³/mol. The van der Waals surface area contributed by atoms with Crippen molar-refractivity contribution in [3.05, 3.63) is 29.8 Å². The second-order valence-electron chi connectivity index (χ2n) is 4.03. The van der Waals surface area contributed by atoms with E-state index in [-0.39, 0.29) is 11.9 Å². The van der Waals surface area contributed by atoms with Gasteiger partial charge in [0.05, 0.1) is 0 Å². The van der Waals surface area contributed by atoms with Crippen molar-refractivity contribution < 1.29 is 4.79 Å². The van der Waals surface area contributed by atoms with E-state index < -0.39 is 0 Å². The number of hydrogen-bond acceptors (Lipinski definition) is 2. The molecule has 0 radical (unpaired) electrons. The Morgan fingerprint density at radius 2 is 2.19 bits per heavy atom. The summed E-state index contributed by atoms with van der Waals surface area (Å²) in [6.45, 7) is 6.68. The number of nitrogens with one attached hydrogen (secondary N) is 2. The summed E-state index contributed by atoms with van der Waals surface area (Å²) in [6.07, 6.45) is 0.961. The Kier molecular flexibility index (Phi) is 4.83. The van der Waals surface area contributed by atoms with Crippen LogP contribution in [0, 0.1) is 6.92 Å². The van der Waals surface area contributed by atoms with Crippen LogP contribution < -0.4 is 10.6 Å². The molecule has 0 bridgehead atoms. The highest BCUT2D eigenvalue weighted by molar-refractivity contribution is 5.84. The lowest BCUT2D eigenvalue weighted by Gasteiger charge is -2.15. The van der Waals surface area contributed by atoms with E-state index in [1.807, 2.05) is 45.0 Å². The largest absolute Gasteiger partial charge is 0.374 e. The van der Waals surface area contributed by atoms with E-state index in [0.29, 0.717) is 0 Å². The fourth-order valence-corrected chi connectivity index (χ4v) is 1.45. The molecule has 3 heteroatoms. The number of carbonyl (C=O) groups is 1. The summed E-state index contributed by atoms with van der Waals surface area (Å²) in [5, 5.41) is 6.04. The smallest absolute Gasteiger partial charge is 0.242 e. The van der Waals surface area contributed by atoms with Crippen molar-refractivity contribution in [2.24, 2.45) is 0 Å². The molecular formula is C13H20N2O. The molecule has 1 rings (SSSR count). The lowest BCUT2D eigenvalue weighted by molar-refractivity contribution is -0.121. The Morgan fingerprint density at radius 1 is 1.44 bits per heavy atom. The number of anilines is 1. The van der Waals surface area contributed by atoms with Gasteiger partial charge < -0.3 is 10.6 Å². The number of benzene rings is 1. The first-order chi connectivity index (χ1) is 7.63. The standard InChI is InChI=1S/C13H20N2O/c1-4-8-14-13(16)11(3)15-12-7-5-6-10(2)9-12/h5-7,9,11,15H,4,8H2,1-3H3,(H,14,16). The van der Waals surface area contributed by atoms with Gasteiger partial charge in [0, 0.05) is 12.2 Å². The lowest BCUT2D eigenvalue weighted by Crippen LogP contribution is -2.37. The molecular weight excluding hydrogens is 200 g/mol. The molecule has 0 heterocycles. The fraction of sp³-hybridized carbons (Fsp3) is 0.462. The van der Waals surface area contributed by atoms with Crippen LogP contribution in [-0.2, 0) is 4.79 Å². The van der Waals surface area contributed by atoms with E-state index in [0.717, 1.165) is 18.7 Å². The maximum absolute atomic E-state index is 11.6. The van der Waals surface area contributed by atoms with Gasteiger partial charge in [0.15, 0.2) is 0 Å². The molecule has 0 aliphatic rings. The van der Waals surface area contributed by atoms with E-state index in [4.69, 9.17) is 0 Å². The molecule has 88 valence electrons. The summed E-state index contributed by atoms with van der Waals surface area (Å²) in [4.78, 5) is 11.6. The molecule has 0 aliphatic carbocycles. The van der Waals surface area contributed by atoms with E-state index in [2.05, 4.69) is 10.6 Å². The number of hydrogen-bond donors (Lipinski definition) is 2. The van der Waals surface area contributed by atoms with Crippen LogP contribution in [0.25, 0.3) is 0 Å². The van der Waals surface area contributed by atoms with Crippen LogP contribution in [0.15, 0.2) is 24.3 Å². The van der Waals surface area contributed by atoms with Gasteiger partial charge in [-0.1, -0.05) is 19.1 Å². The molecule has 1 unspecified atom stereocenters. The summed E-state index contributed by atoms with van der Waals surface area (Å²) < 4.78 is 0. The zero-order valence-electron chi connectivity index (χ0n) is 10.2. The third-order valence-electron chi connectivity index (χ3n) is 2.34. The number of aryl methyl sites for hydroxylation is 1. The van der Waals surface area contributed by atoms with Crippen molar-refractivity contribution in [1.82, 2.24) is 5.32 Å². The molecule has 0 fully saturated rings. The van der Waals surface area contributed by atoms with Crippen molar-refractivity contribution in [2.45, 2.75) is 33.2 Å². The monoisotopic (exact) mass is 220 g/mol. The average molecular weight is 220 g/mol. The topological polar surface area (TPSA) is 41.1 Å². The fourth-order valence-electron chi connectivity index (χ4n) is 1.45. The summed E-state index contributed by atoms with van der Waals surface area (Å²) >= 11 is 0. The summed E-state index contributed by atoms with van der Waals surface area (Å²) in [5.41, 5.74) is 2.17. The molecule has 1 aromatic carbocycles. The van der Waals surface area contributed by atoms with Crippen LogP contribution in [0.4, 0.5) is 5.69 Å². The molecule has 3 nitrogen and oxygen atoms in total. The van der Waals surface area contributed by atoms with Gasteiger partial charge in [0.1, 0.15) is 6.04 Å². The molecule has 0 spiro atoms. The minimum absolute atomic E-state index is 0.0448. The Labute approximate surface area is 97.2 Å². The maximum Gasteiger partial charge on any atom is 0.242 e. The molecule has 0 saturated heterocycles. The quantitative estimate of drug-likeness (QED) is 0.799. The van der Waals surface area contributed by atoms with Crippen LogP contribution in [0.1, 0.15) is 25.8 Å². The van der Waals surface area contributed by atoms with Crippen molar-refractivity contribution in [1.29, 1.82) is 0 Å². The second kappa shape index (κ2) is 6.16. The normalized spacial score (nSPS) is 11.9. The van der Waals surface area contributed by atoms with Gasteiger partial charge in [-0.05, 0) is 38.0 Å². The van der Waals surface area contributed by atoms with Gasteiger partial charge in [-0.15, -0.1) is 0 Å². The molecule has 1 aromatic rings. The minimum atomic E-state index is -0.201. The van der Waals surface area contributed by atoms with Crippen LogP contribution in [0.5, 0.6) is 0 Å². The highest BCUT2D eigenvalue weighted by atomic mass is 16.2. The first-order valence-corrected chi connectivity index (χ1v) is 5.74. The van der Waals surface area contributed by atoms with Crippen molar-refractivity contribution in [3.8, 4) is 0 Å². The van der Waals surface area contributed by atoms with E-state index in [1.165, 1.54) is 5.56 Å². The van der Waals surface area contributed by atoms with Crippen molar-refractivity contribution >= 4 is 11.6 Å². The Hall–Kier alpha value is -1.51. The van der Waals surface area contributed by atoms with Gasteiger partial charge in [-0.25, -0.2) is 0 Å². The van der Waals surface area contributed by atoms with Crippen molar-refractivity contribution in [2.75, 3.05) is 11.9 Å². The van der Waals surface area contributed by atoms with Gasteiger partial charge in [-0.2, -0.15) is 0 Å². The number of amides is 1. The maximum atomic E-state index is 11.6. The van der Waals surface area contributed by atoms with E-state index >= 15 is 0 Å². The highest BCUT2D eigenvalue weighted by Gasteiger charge is 2.10. The lowest BCUT2D eigenvalue weighted by atomic mass is 10.2. The molecule has 0 aliphatic heterocycles. The average Bonchev–Trinajstić information content (AvgIpc) is 2.25. The predicted octanol–water partition coefficient (Wildman–Crippen LogP) is 2.32. The minimum Gasteiger partial charge on any atom is -0.374 e. The van der Waals surface area contributed by atoms with Gasteiger partial charge in [0.2, 0.25) is 5.91 Å². The van der Waals surface area contributed by atoms with Crippen LogP contribution in [0.3, 0.4) is 0 Å². The van der Waals surface area contributed by atoms with Crippen LogP contribution in [-0.4, -0.2) is 18.5 Å². The van der Waals surface area contributed by atoms with Crippen LogP contribution >= 0.6 is 0 Å². The first-order valence-electron chi connectivity index (χ1n) is 5.74. The van der Waals surface area contributed by atoms with E-state index in [1.54, 1.807) is 0 Å². The molecule has 0 aromatic heterocycles. The second-order valence-corrected chi connectivity index (χ2v) is 4.03. The third kappa shape index (κ3) is 3.93. The molecule has 1 amide bonds. The molecule has 1 atom stereocenters. The van der Waals surface area contributed by atoms with Gasteiger partial charge >= 0.3 is 0 Å². The Morgan fingerprint density at radius 3 is 2.81 bits per heavy atom. The Balaban J connectivity index is 2.50. The van der Waals surface area contributed by atoms with E-state index in [9.17, 15) is 4.79 Å². The molecule has 0 saturated carbocycles. The zero-order valence-corrected chi connectivity index (χ0v) is 10.2. The zero-order chi connectivity index (χ0) is 12.0. The summed E-state index contributed by atoms with van der Waals surface area (Å²) in [5.74, 6) is 0.0448. The first kappa shape index (κ1) is 12.6. The Bertz CT molecular complexity index is 350. The van der Waals surface area contributed by atoms with Gasteiger partial charge in [-0.3, -0.25) is 4.79 Å². The van der Waals surface area contributed by atoms with Crippen molar-refractivity contribution in [3.63, 3.8) is 0 Å². The summed E-state index contributed by atoms with van der Waals surface area (Å²) in [7, 11) is 0. The van der Waals surface area contributed by atoms with Crippen LogP contribution in [0.2, 0.25) is 0 Å². The number of rotatable bonds is 5. The molecule has 16 heavy (non-hydrogen) atoms. The number of carbonyl (C=O) groups excluding carboxylic acids is 1. The SMILES string of the molecule is CCCNC(=O)C(C)Nc1cccc(C)c1. The third-order valence-corrected chi connectivity index (χ3v) is 2.34. The highest BCUT2D eigenvalue weighted by Crippen LogP contribution is 2.10. The van der Waals surface area contributed by atoms with Gasteiger partial charge in [0.25, 0.3) is 0 Å². The summed E-state index contributed by atoms with van der Waals surface area (Å²) in [6, 6.07) is 7.81. The molecule has 2 N–H and O–H groups in total.